The summed E-state index contributed by atoms with van der Waals surface area (Å²) < 4.78 is 0. The van der Waals surface area contributed by atoms with Gasteiger partial charge in [-0.15, -0.1) is 0 Å². The summed E-state index contributed by atoms with van der Waals surface area (Å²) in [5.41, 5.74) is 2.00. The lowest BCUT2D eigenvalue weighted by Crippen LogP contribution is -2.46. The Kier molecular flexibility index (Phi) is 3.55. The zero-order valence-electron chi connectivity index (χ0n) is 11.3. The quantitative estimate of drug-likeness (QED) is 0.862. The average Bonchev–Trinajstić information content (AvgIpc) is 3.08. The monoisotopic (exact) mass is 247 g/mol. The molecule has 1 aliphatic carbocycles. The SMILES string of the molecule is CC(C)(C)NC(=O)NCc1ccc(C2CC2)nc1. The molecule has 1 aromatic rings. The lowest BCUT2D eigenvalue weighted by Gasteiger charge is -2.20. The van der Waals surface area contributed by atoms with Crippen LogP contribution in [0.3, 0.4) is 0 Å². The van der Waals surface area contributed by atoms with Gasteiger partial charge in [0.2, 0.25) is 0 Å². The van der Waals surface area contributed by atoms with Gasteiger partial charge in [-0.2, -0.15) is 0 Å². The maximum absolute atomic E-state index is 11.6. The van der Waals surface area contributed by atoms with Gasteiger partial charge in [0.05, 0.1) is 0 Å². The summed E-state index contributed by atoms with van der Waals surface area (Å²) in [5.74, 6) is 0.677. The Morgan fingerprint density at radius 1 is 1.39 bits per heavy atom. The molecule has 1 saturated carbocycles. The van der Waals surface area contributed by atoms with Gasteiger partial charge in [-0.05, 0) is 45.2 Å². The molecule has 4 heteroatoms. The van der Waals surface area contributed by atoms with Crippen LogP contribution in [0.15, 0.2) is 18.3 Å². The number of rotatable bonds is 3. The lowest BCUT2D eigenvalue weighted by atomic mass is 10.1. The molecule has 2 N–H and O–H groups in total. The molecule has 2 rings (SSSR count). The molecule has 1 aliphatic rings. The van der Waals surface area contributed by atoms with Gasteiger partial charge in [0.25, 0.3) is 0 Å². The number of carbonyl (C=O) groups is 1. The third-order valence-corrected chi connectivity index (χ3v) is 2.78. The van der Waals surface area contributed by atoms with E-state index in [2.05, 4.69) is 21.7 Å². The standard InChI is InChI=1S/C14H21N3O/c1-14(2,3)17-13(18)16-9-10-4-7-12(15-8-10)11-5-6-11/h4,7-8,11H,5-6,9H2,1-3H3,(H2,16,17,18). The topological polar surface area (TPSA) is 54.0 Å². The molecule has 1 aromatic heterocycles. The Morgan fingerprint density at radius 2 is 2.11 bits per heavy atom. The second kappa shape index (κ2) is 4.96. The van der Waals surface area contributed by atoms with Crippen LogP contribution in [0.25, 0.3) is 0 Å². The van der Waals surface area contributed by atoms with Crippen LogP contribution < -0.4 is 10.6 Å². The van der Waals surface area contributed by atoms with E-state index in [0.717, 1.165) is 5.56 Å². The van der Waals surface area contributed by atoms with E-state index in [4.69, 9.17) is 0 Å². The molecule has 0 radical (unpaired) electrons. The Labute approximate surface area is 108 Å². The van der Waals surface area contributed by atoms with E-state index in [-0.39, 0.29) is 11.6 Å². The van der Waals surface area contributed by atoms with Crippen LogP contribution in [0.4, 0.5) is 4.79 Å². The highest BCUT2D eigenvalue weighted by molar-refractivity contribution is 5.74. The van der Waals surface area contributed by atoms with Crippen LogP contribution in [0.1, 0.15) is 50.8 Å². The molecule has 1 heterocycles. The molecule has 0 bridgehead atoms. The first-order chi connectivity index (χ1) is 8.44. The third-order valence-electron chi connectivity index (χ3n) is 2.78. The smallest absolute Gasteiger partial charge is 0.315 e. The first kappa shape index (κ1) is 12.9. The summed E-state index contributed by atoms with van der Waals surface area (Å²) in [6.45, 7) is 6.38. The first-order valence-corrected chi connectivity index (χ1v) is 6.45. The second-order valence-corrected chi connectivity index (χ2v) is 5.92. The van der Waals surface area contributed by atoms with Crippen molar-refractivity contribution in [1.82, 2.24) is 15.6 Å². The van der Waals surface area contributed by atoms with E-state index in [1.807, 2.05) is 33.0 Å². The van der Waals surface area contributed by atoms with Crippen molar-refractivity contribution in [2.75, 3.05) is 0 Å². The van der Waals surface area contributed by atoms with E-state index < -0.39 is 0 Å². The number of nitrogens with one attached hydrogen (secondary N) is 2. The molecule has 1 fully saturated rings. The number of amides is 2. The Bertz CT molecular complexity index is 416. The van der Waals surface area contributed by atoms with E-state index in [9.17, 15) is 4.79 Å². The van der Waals surface area contributed by atoms with Crippen LogP contribution >= 0.6 is 0 Å². The minimum atomic E-state index is -0.210. The zero-order chi connectivity index (χ0) is 13.2. The maximum atomic E-state index is 11.6. The van der Waals surface area contributed by atoms with Crippen LogP contribution in [0.2, 0.25) is 0 Å². The van der Waals surface area contributed by atoms with Crippen molar-refractivity contribution in [2.24, 2.45) is 0 Å². The van der Waals surface area contributed by atoms with E-state index in [1.165, 1.54) is 18.5 Å². The molecule has 98 valence electrons. The third kappa shape index (κ3) is 4.02. The molecular weight excluding hydrogens is 226 g/mol. The number of pyridine rings is 1. The van der Waals surface area contributed by atoms with Gasteiger partial charge in [0.1, 0.15) is 0 Å². The zero-order valence-corrected chi connectivity index (χ0v) is 11.3. The van der Waals surface area contributed by atoms with Gasteiger partial charge in [0.15, 0.2) is 0 Å². The maximum Gasteiger partial charge on any atom is 0.315 e. The minimum absolute atomic E-state index is 0.145. The fourth-order valence-electron chi connectivity index (χ4n) is 1.73. The van der Waals surface area contributed by atoms with Crippen molar-refractivity contribution in [3.8, 4) is 0 Å². The normalized spacial score (nSPS) is 15.3. The molecule has 0 atom stereocenters. The van der Waals surface area contributed by atoms with Gasteiger partial charge in [-0.3, -0.25) is 4.98 Å². The predicted octanol–water partition coefficient (Wildman–Crippen LogP) is 2.56. The second-order valence-electron chi connectivity index (χ2n) is 5.92. The molecule has 0 aliphatic heterocycles. The molecule has 0 spiro atoms. The average molecular weight is 247 g/mol. The summed E-state index contributed by atoms with van der Waals surface area (Å²) in [7, 11) is 0. The fraction of sp³-hybridized carbons (Fsp3) is 0.571. The predicted molar refractivity (Wildman–Crippen MR) is 71.3 cm³/mol. The molecule has 2 amide bonds. The Balaban J connectivity index is 1.80. The van der Waals surface area contributed by atoms with E-state index in [1.54, 1.807) is 0 Å². The molecule has 0 aromatic carbocycles. The summed E-state index contributed by atoms with van der Waals surface area (Å²) in [6.07, 6.45) is 4.38. The molecule has 4 nitrogen and oxygen atoms in total. The van der Waals surface area contributed by atoms with Crippen LogP contribution in [-0.4, -0.2) is 16.6 Å². The molecule has 0 unspecified atom stereocenters. The molecule has 18 heavy (non-hydrogen) atoms. The van der Waals surface area contributed by atoms with Gasteiger partial charge in [-0.1, -0.05) is 6.07 Å². The van der Waals surface area contributed by atoms with Gasteiger partial charge < -0.3 is 10.6 Å². The van der Waals surface area contributed by atoms with Gasteiger partial charge in [-0.25, -0.2) is 4.79 Å². The Hall–Kier alpha value is -1.58. The Morgan fingerprint density at radius 3 is 2.61 bits per heavy atom. The van der Waals surface area contributed by atoms with E-state index in [0.29, 0.717) is 12.5 Å². The number of hydrogen-bond acceptors (Lipinski definition) is 2. The van der Waals surface area contributed by atoms with Gasteiger partial charge in [0, 0.05) is 29.9 Å². The van der Waals surface area contributed by atoms with Crippen LogP contribution in [0.5, 0.6) is 0 Å². The molecule has 0 saturated heterocycles. The number of carbonyl (C=O) groups excluding carboxylic acids is 1. The summed E-state index contributed by atoms with van der Waals surface area (Å²) >= 11 is 0. The largest absolute Gasteiger partial charge is 0.334 e. The van der Waals surface area contributed by atoms with Crippen LogP contribution in [-0.2, 0) is 6.54 Å². The summed E-state index contributed by atoms with van der Waals surface area (Å²) in [6, 6.07) is 3.96. The van der Waals surface area contributed by atoms with Crippen LogP contribution in [0, 0.1) is 0 Å². The van der Waals surface area contributed by atoms with Crippen molar-refractivity contribution in [3.05, 3.63) is 29.6 Å². The summed E-state index contributed by atoms with van der Waals surface area (Å²) in [4.78, 5) is 16.0. The fourth-order valence-corrected chi connectivity index (χ4v) is 1.73. The van der Waals surface area contributed by atoms with Crippen molar-refractivity contribution in [3.63, 3.8) is 0 Å². The number of urea groups is 1. The van der Waals surface area contributed by atoms with Crippen molar-refractivity contribution < 1.29 is 4.79 Å². The number of nitrogens with zero attached hydrogens (tertiary/aromatic N) is 1. The minimum Gasteiger partial charge on any atom is -0.334 e. The first-order valence-electron chi connectivity index (χ1n) is 6.45. The van der Waals surface area contributed by atoms with Crippen molar-refractivity contribution >= 4 is 6.03 Å². The van der Waals surface area contributed by atoms with E-state index >= 15 is 0 Å². The highest BCUT2D eigenvalue weighted by Crippen LogP contribution is 2.38. The number of hydrogen-bond donors (Lipinski definition) is 2. The van der Waals surface area contributed by atoms with Gasteiger partial charge >= 0.3 is 6.03 Å². The lowest BCUT2D eigenvalue weighted by molar-refractivity contribution is 0.231. The molecular formula is C14H21N3O. The van der Waals surface area contributed by atoms with Crippen molar-refractivity contribution in [2.45, 2.75) is 51.6 Å². The highest BCUT2D eigenvalue weighted by atomic mass is 16.2. The van der Waals surface area contributed by atoms with Crippen molar-refractivity contribution in [1.29, 1.82) is 0 Å². The summed E-state index contributed by atoms with van der Waals surface area (Å²) in [5, 5.41) is 5.69. The highest BCUT2D eigenvalue weighted by Gasteiger charge is 2.24. The number of aromatic nitrogens is 1.